The number of aliphatic carboxylic acids is 1. The van der Waals surface area contributed by atoms with Crippen LogP contribution in [0.2, 0.25) is 5.02 Å². The quantitative estimate of drug-likeness (QED) is 0.769. The van der Waals surface area contributed by atoms with Gasteiger partial charge in [-0.25, -0.2) is 4.39 Å². The van der Waals surface area contributed by atoms with Crippen LogP contribution in [0.1, 0.15) is 6.42 Å². The first-order valence-corrected chi connectivity index (χ1v) is 5.54. The summed E-state index contributed by atoms with van der Waals surface area (Å²) in [6.07, 6.45) is -0.0635. The lowest BCUT2D eigenvalue weighted by molar-refractivity contribution is -0.138. The SMILES string of the molecule is O=C(O)CC1(Nc2cc(Cl)ccc2F)CNC1. The summed E-state index contributed by atoms with van der Waals surface area (Å²) in [6, 6.07) is 4.16. The minimum absolute atomic E-state index is 0.0635. The topological polar surface area (TPSA) is 61.4 Å². The Kier molecular flexibility index (Phi) is 3.22. The predicted octanol–water partition coefficient (Wildman–Crippen LogP) is 1.71. The highest BCUT2D eigenvalue weighted by Crippen LogP contribution is 2.27. The molecule has 1 heterocycles. The molecule has 0 aliphatic carbocycles. The molecule has 0 atom stereocenters. The van der Waals surface area contributed by atoms with Gasteiger partial charge in [-0.3, -0.25) is 4.79 Å². The molecule has 92 valence electrons. The molecule has 6 heteroatoms. The van der Waals surface area contributed by atoms with Gasteiger partial charge < -0.3 is 15.7 Å². The Morgan fingerprint density at radius 3 is 2.82 bits per heavy atom. The summed E-state index contributed by atoms with van der Waals surface area (Å²) in [5.74, 6) is -1.35. The van der Waals surface area contributed by atoms with Crippen LogP contribution in [0.3, 0.4) is 0 Å². The van der Waals surface area contributed by atoms with Crippen LogP contribution in [-0.4, -0.2) is 29.7 Å². The van der Waals surface area contributed by atoms with E-state index in [9.17, 15) is 9.18 Å². The van der Waals surface area contributed by atoms with E-state index in [1.165, 1.54) is 18.2 Å². The summed E-state index contributed by atoms with van der Waals surface area (Å²) < 4.78 is 13.5. The van der Waals surface area contributed by atoms with Crippen molar-refractivity contribution in [2.24, 2.45) is 0 Å². The molecule has 0 unspecified atom stereocenters. The van der Waals surface area contributed by atoms with Crippen LogP contribution in [0.5, 0.6) is 0 Å². The molecule has 1 aromatic carbocycles. The van der Waals surface area contributed by atoms with Gasteiger partial charge in [-0.05, 0) is 18.2 Å². The molecule has 0 saturated carbocycles. The zero-order valence-corrected chi connectivity index (χ0v) is 9.72. The fourth-order valence-electron chi connectivity index (χ4n) is 1.85. The summed E-state index contributed by atoms with van der Waals surface area (Å²) in [4.78, 5) is 10.8. The van der Waals surface area contributed by atoms with Crippen molar-refractivity contribution in [3.8, 4) is 0 Å². The monoisotopic (exact) mass is 258 g/mol. The lowest BCUT2D eigenvalue weighted by atomic mass is 9.88. The van der Waals surface area contributed by atoms with Crippen LogP contribution in [0.25, 0.3) is 0 Å². The zero-order chi connectivity index (χ0) is 12.5. The van der Waals surface area contributed by atoms with E-state index < -0.39 is 17.3 Å². The number of carboxylic acids is 1. The summed E-state index contributed by atoms with van der Waals surface area (Å²) in [5, 5.41) is 15.1. The maximum absolute atomic E-state index is 13.5. The molecule has 1 fully saturated rings. The van der Waals surface area contributed by atoms with Crippen molar-refractivity contribution in [2.75, 3.05) is 18.4 Å². The van der Waals surface area contributed by atoms with Crippen molar-refractivity contribution in [3.63, 3.8) is 0 Å². The number of benzene rings is 1. The number of carboxylic acid groups (broad SMARTS) is 1. The normalized spacial score (nSPS) is 17.3. The first-order valence-electron chi connectivity index (χ1n) is 5.17. The second kappa shape index (κ2) is 4.50. The Hall–Kier alpha value is -1.33. The highest BCUT2D eigenvalue weighted by atomic mass is 35.5. The van der Waals surface area contributed by atoms with Crippen LogP contribution >= 0.6 is 11.6 Å². The Balaban J connectivity index is 2.18. The van der Waals surface area contributed by atoms with E-state index in [0.29, 0.717) is 18.1 Å². The fourth-order valence-corrected chi connectivity index (χ4v) is 2.02. The van der Waals surface area contributed by atoms with Crippen molar-refractivity contribution < 1.29 is 14.3 Å². The van der Waals surface area contributed by atoms with Crippen LogP contribution in [0.4, 0.5) is 10.1 Å². The average Bonchev–Trinajstić information content (AvgIpc) is 2.19. The molecule has 1 aliphatic rings. The molecule has 1 aromatic rings. The number of anilines is 1. The number of carbonyl (C=O) groups is 1. The Morgan fingerprint density at radius 1 is 1.59 bits per heavy atom. The molecular weight excluding hydrogens is 247 g/mol. The molecular formula is C11H12ClFN2O2. The number of nitrogens with one attached hydrogen (secondary N) is 2. The third kappa shape index (κ3) is 2.68. The first kappa shape index (κ1) is 12.1. The van der Waals surface area contributed by atoms with E-state index >= 15 is 0 Å². The Morgan fingerprint density at radius 2 is 2.29 bits per heavy atom. The van der Waals surface area contributed by atoms with Gasteiger partial charge in [0.1, 0.15) is 5.82 Å². The summed E-state index contributed by atoms with van der Waals surface area (Å²) in [6.45, 7) is 0.983. The van der Waals surface area contributed by atoms with Crippen molar-refractivity contribution >= 4 is 23.3 Å². The number of hydrogen-bond acceptors (Lipinski definition) is 3. The third-order valence-corrected chi connectivity index (χ3v) is 2.98. The largest absolute Gasteiger partial charge is 0.481 e. The third-order valence-electron chi connectivity index (χ3n) is 2.74. The van der Waals surface area contributed by atoms with Crippen molar-refractivity contribution in [3.05, 3.63) is 29.0 Å². The van der Waals surface area contributed by atoms with Gasteiger partial charge in [0.05, 0.1) is 17.6 Å². The molecule has 0 aromatic heterocycles. The van der Waals surface area contributed by atoms with E-state index in [0.717, 1.165) is 0 Å². The maximum atomic E-state index is 13.5. The molecule has 1 saturated heterocycles. The van der Waals surface area contributed by atoms with Crippen molar-refractivity contribution in [1.29, 1.82) is 0 Å². The average molecular weight is 259 g/mol. The van der Waals surface area contributed by atoms with Gasteiger partial charge in [-0.15, -0.1) is 0 Å². The van der Waals surface area contributed by atoms with Gasteiger partial charge in [-0.1, -0.05) is 11.6 Å². The molecule has 0 radical (unpaired) electrons. The summed E-state index contributed by atoms with van der Waals surface area (Å²) in [5.41, 5.74) is -0.391. The van der Waals surface area contributed by atoms with E-state index in [1.807, 2.05) is 0 Å². The van der Waals surface area contributed by atoms with Crippen LogP contribution in [0, 0.1) is 5.82 Å². The highest BCUT2D eigenvalue weighted by molar-refractivity contribution is 6.30. The second-order valence-corrected chi connectivity index (χ2v) is 4.64. The Bertz CT molecular complexity index is 449. The first-order chi connectivity index (χ1) is 8.01. The van der Waals surface area contributed by atoms with Gasteiger partial charge in [0.2, 0.25) is 0 Å². The number of hydrogen-bond donors (Lipinski definition) is 3. The van der Waals surface area contributed by atoms with E-state index in [-0.39, 0.29) is 12.1 Å². The van der Waals surface area contributed by atoms with Gasteiger partial charge in [0.15, 0.2) is 0 Å². The number of halogens is 2. The predicted molar refractivity (Wildman–Crippen MR) is 62.9 cm³/mol. The van der Waals surface area contributed by atoms with Crippen LogP contribution in [-0.2, 0) is 4.79 Å². The lowest BCUT2D eigenvalue weighted by Crippen LogP contribution is -2.65. The standard InChI is InChI=1S/C11H12ClFN2O2/c12-7-1-2-8(13)9(3-7)15-11(4-10(16)17)5-14-6-11/h1-3,14-15H,4-6H2,(H,16,17). The maximum Gasteiger partial charge on any atom is 0.305 e. The summed E-state index contributed by atoms with van der Waals surface area (Å²) >= 11 is 5.77. The van der Waals surface area contributed by atoms with Crippen LogP contribution < -0.4 is 10.6 Å². The van der Waals surface area contributed by atoms with Gasteiger partial charge in [0.25, 0.3) is 0 Å². The highest BCUT2D eigenvalue weighted by Gasteiger charge is 2.39. The molecule has 3 N–H and O–H groups in total. The van der Waals surface area contributed by atoms with Gasteiger partial charge in [0, 0.05) is 18.1 Å². The van der Waals surface area contributed by atoms with Gasteiger partial charge >= 0.3 is 5.97 Å². The van der Waals surface area contributed by atoms with Gasteiger partial charge in [-0.2, -0.15) is 0 Å². The second-order valence-electron chi connectivity index (χ2n) is 4.20. The number of rotatable bonds is 4. The van der Waals surface area contributed by atoms with E-state index in [4.69, 9.17) is 16.7 Å². The molecule has 17 heavy (non-hydrogen) atoms. The molecule has 0 amide bonds. The molecule has 4 nitrogen and oxygen atoms in total. The molecule has 1 aliphatic heterocycles. The molecule has 0 spiro atoms. The zero-order valence-electron chi connectivity index (χ0n) is 8.96. The van der Waals surface area contributed by atoms with Crippen LogP contribution in [0.15, 0.2) is 18.2 Å². The molecule has 0 bridgehead atoms. The molecule has 2 rings (SSSR count). The fraction of sp³-hybridized carbons (Fsp3) is 0.364. The Labute approximate surface area is 103 Å². The lowest BCUT2D eigenvalue weighted by Gasteiger charge is -2.43. The smallest absolute Gasteiger partial charge is 0.305 e. The summed E-state index contributed by atoms with van der Waals surface area (Å²) in [7, 11) is 0. The van der Waals surface area contributed by atoms with E-state index in [2.05, 4.69) is 10.6 Å². The van der Waals surface area contributed by atoms with Crippen molar-refractivity contribution in [1.82, 2.24) is 5.32 Å². The minimum Gasteiger partial charge on any atom is -0.481 e. The minimum atomic E-state index is -0.915. The van der Waals surface area contributed by atoms with Crippen molar-refractivity contribution in [2.45, 2.75) is 12.0 Å². The van der Waals surface area contributed by atoms with E-state index in [1.54, 1.807) is 0 Å².